The number of thiophene rings is 1. The van der Waals surface area contributed by atoms with Gasteiger partial charge in [-0.2, -0.15) is 0 Å². The van der Waals surface area contributed by atoms with E-state index in [0.717, 1.165) is 54.0 Å². The van der Waals surface area contributed by atoms with Crippen LogP contribution in [-0.4, -0.2) is 12.5 Å². The normalized spacial score (nSPS) is 15.9. The number of halogens is 1. The zero-order valence-electron chi connectivity index (χ0n) is 12.3. The number of hydrogen-bond donors (Lipinski definition) is 1. The van der Waals surface area contributed by atoms with E-state index in [1.54, 1.807) is 11.3 Å². The summed E-state index contributed by atoms with van der Waals surface area (Å²) in [6, 6.07) is 7.99. The number of benzene rings is 1. The Labute approximate surface area is 140 Å². The van der Waals surface area contributed by atoms with Crippen molar-refractivity contribution in [1.82, 2.24) is 0 Å². The number of hydrogen-bond acceptors (Lipinski definition) is 3. The summed E-state index contributed by atoms with van der Waals surface area (Å²) in [5, 5.41) is 0. The highest BCUT2D eigenvalue weighted by Crippen LogP contribution is 2.35. The zero-order valence-corrected chi connectivity index (χ0v) is 13.9. The molecule has 116 valence electrons. The molecule has 2 aliphatic rings. The zero-order chi connectivity index (χ0) is 14.4. The van der Waals surface area contributed by atoms with E-state index >= 15 is 0 Å². The molecule has 2 heterocycles. The fourth-order valence-electron chi connectivity index (χ4n) is 3.43. The first kappa shape index (κ1) is 15.4. The van der Waals surface area contributed by atoms with Gasteiger partial charge < -0.3 is 10.6 Å². The second-order valence-corrected chi connectivity index (χ2v) is 6.95. The smallest absolute Gasteiger partial charge is 0.268 e. The van der Waals surface area contributed by atoms with Gasteiger partial charge in [0.15, 0.2) is 0 Å². The number of fused-ring (bicyclic) bond motifs is 2. The van der Waals surface area contributed by atoms with Gasteiger partial charge in [-0.3, -0.25) is 4.79 Å². The summed E-state index contributed by atoms with van der Waals surface area (Å²) in [7, 11) is 0. The summed E-state index contributed by atoms with van der Waals surface area (Å²) in [5.41, 5.74) is 10.4. The third kappa shape index (κ3) is 2.40. The van der Waals surface area contributed by atoms with Crippen LogP contribution in [0.25, 0.3) is 0 Å². The van der Waals surface area contributed by atoms with E-state index in [0.29, 0.717) is 0 Å². The van der Waals surface area contributed by atoms with Crippen LogP contribution in [0.2, 0.25) is 0 Å². The quantitative estimate of drug-likeness (QED) is 0.805. The molecule has 0 fully saturated rings. The van der Waals surface area contributed by atoms with Gasteiger partial charge in [0.1, 0.15) is 0 Å². The summed E-state index contributed by atoms with van der Waals surface area (Å²) >= 11 is 1.68. The maximum absolute atomic E-state index is 12.9. The van der Waals surface area contributed by atoms with Crippen molar-refractivity contribution < 1.29 is 4.79 Å². The van der Waals surface area contributed by atoms with Gasteiger partial charge in [0.2, 0.25) is 0 Å². The van der Waals surface area contributed by atoms with Crippen LogP contribution in [0.3, 0.4) is 0 Å². The second kappa shape index (κ2) is 5.94. The van der Waals surface area contributed by atoms with Crippen LogP contribution in [0.4, 0.5) is 11.4 Å². The van der Waals surface area contributed by atoms with Gasteiger partial charge in [0.25, 0.3) is 5.91 Å². The van der Waals surface area contributed by atoms with Crippen LogP contribution in [0, 0.1) is 0 Å². The third-order valence-corrected chi connectivity index (χ3v) is 5.71. The predicted octanol–water partition coefficient (Wildman–Crippen LogP) is 3.83. The fraction of sp³-hybridized carbons (Fsp3) is 0.353. The van der Waals surface area contributed by atoms with Crippen LogP contribution < -0.4 is 10.6 Å². The SMILES string of the molecule is Cl.Nc1cccc2c1CCCN2C(=O)c1cc2c(s1)CCC2. The Bertz CT molecular complexity index is 704. The molecule has 1 aromatic heterocycles. The number of nitrogens with zero attached hydrogens (tertiary/aromatic N) is 1. The lowest BCUT2D eigenvalue weighted by molar-refractivity contribution is 0.0989. The molecule has 0 unspecified atom stereocenters. The number of nitrogen functional groups attached to an aromatic ring is 1. The second-order valence-electron chi connectivity index (χ2n) is 5.82. The maximum Gasteiger partial charge on any atom is 0.268 e. The molecule has 2 aromatic rings. The van der Waals surface area contributed by atoms with E-state index < -0.39 is 0 Å². The Balaban J connectivity index is 0.00000144. The van der Waals surface area contributed by atoms with Crippen molar-refractivity contribution in [3.8, 4) is 0 Å². The molecule has 0 radical (unpaired) electrons. The standard InChI is InChI=1S/C17H18N2OS.ClH/c18-13-6-2-7-14-12(13)5-3-9-19(14)17(20)16-10-11-4-1-8-15(11)21-16;/h2,6-7,10H,1,3-5,8-9,18H2;1H. The van der Waals surface area contributed by atoms with Crippen LogP contribution in [0.15, 0.2) is 24.3 Å². The number of anilines is 2. The van der Waals surface area contributed by atoms with Crippen molar-refractivity contribution in [2.75, 3.05) is 17.2 Å². The van der Waals surface area contributed by atoms with E-state index in [2.05, 4.69) is 6.07 Å². The highest BCUT2D eigenvalue weighted by molar-refractivity contribution is 7.14. The Hall–Kier alpha value is -1.52. The van der Waals surface area contributed by atoms with Gasteiger partial charge in [-0.1, -0.05) is 6.07 Å². The minimum Gasteiger partial charge on any atom is -0.398 e. The van der Waals surface area contributed by atoms with Crippen LogP contribution in [0.5, 0.6) is 0 Å². The monoisotopic (exact) mass is 334 g/mol. The lowest BCUT2D eigenvalue weighted by atomic mass is 9.99. The maximum atomic E-state index is 12.9. The lowest BCUT2D eigenvalue weighted by Crippen LogP contribution is -2.35. The van der Waals surface area contributed by atoms with Crippen molar-refractivity contribution in [2.45, 2.75) is 32.1 Å². The summed E-state index contributed by atoms with van der Waals surface area (Å²) < 4.78 is 0. The lowest BCUT2D eigenvalue weighted by Gasteiger charge is -2.30. The average Bonchev–Trinajstić information content (AvgIpc) is 3.08. The molecule has 5 heteroatoms. The van der Waals surface area contributed by atoms with Gasteiger partial charge >= 0.3 is 0 Å². The van der Waals surface area contributed by atoms with Crippen molar-refractivity contribution in [3.63, 3.8) is 0 Å². The molecule has 4 rings (SSSR count). The van der Waals surface area contributed by atoms with Crippen molar-refractivity contribution in [1.29, 1.82) is 0 Å². The summed E-state index contributed by atoms with van der Waals surface area (Å²) in [6.45, 7) is 0.790. The Kier molecular flexibility index (Phi) is 4.15. The van der Waals surface area contributed by atoms with Crippen molar-refractivity contribution in [2.24, 2.45) is 0 Å². The number of amides is 1. The molecular formula is C17H19ClN2OS. The molecule has 3 nitrogen and oxygen atoms in total. The molecule has 0 spiro atoms. The number of carbonyl (C=O) groups excluding carboxylic acids is 1. The molecule has 1 aliphatic carbocycles. The molecular weight excluding hydrogens is 316 g/mol. The number of aryl methyl sites for hydroxylation is 2. The fourth-order valence-corrected chi connectivity index (χ4v) is 4.63. The molecule has 1 aliphatic heterocycles. The average molecular weight is 335 g/mol. The summed E-state index contributed by atoms with van der Waals surface area (Å²) in [6.07, 6.45) is 5.45. The molecule has 2 N–H and O–H groups in total. The van der Waals surface area contributed by atoms with Gasteiger partial charge in [-0.05, 0) is 61.4 Å². The van der Waals surface area contributed by atoms with E-state index in [-0.39, 0.29) is 18.3 Å². The van der Waals surface area contributed by atoms with Crippen LogP contribution >= 0.6 is 23.7 Å². The van der Waals surface area contributed by atoms with E-state index in [9.17, 15) is 4.79 Å². The number of rotatable bonds is 1. The van der Waals surface area contributed by atoms with Gasteiger partial charge in [-0.25, -0.2) is 0 Å². The highest BCUT2D eigenvalue weighted by atomic mass is 35.5. The predicted molar refractivity (Wildman–Crippen MR) is 94.4 cm³/mol. The summed E-state index contributed by atoms with van der Waals surface area (Å²) in [4.78, 5) is 17.1. The van der Waals surface area contributed by atoms with Gasteiger partial charge in [0, 0.05) is 22.8 Å². The van der Waals surface area contributed by atoms with Crippen LogP contribution in [0.1, 0.15) is 38.5 Å². The molecule has 0 saturated heterocycles. The number of carbonyl (C=O) groups is 1. The topological polar surface area (TPSA) is 46.3 Å². The van der Waals surface area contributed by atoms with E-state index in [1.165, 1.54) is 16.9 Å². The minimum atomic E-state index is 0. The molecule has 1 aromatic carbocycles. The number of nitrogens with two attached hydrogens (primary N) is 1. The molecule has 22 heavy (non-hydrogen) atoms. The van der Waals surface area contributed by atoms with Crippen molar-refractivity contribution in [3.05, 3.63) is 45.1 Å². The van der Waals surface area contributed by atoms with Gasteiger partial charge in [0.05, 0.1) is 4.88 Å². The molecule has 0 saturated carbocycles. The first-order valence-corrected chi connectivity index (χ1v) is 8.36. The Morgan fingerprint density at radius 3 is 2.86 bits per heavy atom. The Morgan fingerprint density at radius 2 is 2.05 bits per heavy atom. The summed E-state index contributed by atoms with van der Waals surface area (Å²) in [5.74, 6) is 0.140. The van der Waals surface area contributed by atoms with Crippen molar-refractivity contribution >= 4 is 41.0 Å². The van der Waals surface area contributed by atoms with Crippen LogP contribution in [-0.2, 0) is 19.3 Å². The minimum absolute atomic E-state index is 0. The first-order valence-electron chi connectivity index (χ1n) is 7.55. The Morgan fingerprint density at radius 1 is 1.18 bits per heavy atom. The molecule has 1 amide bonds. The molecule has 0 atom stereocenters. The third-order valence-electron chi connectivity index (χ3n) is 4.49. The van der Waals surface area contributed by atoms with Gasteiger partial charge in [-0.15, -0.1) is 23.7 Å². The van der Waals surface area contributed by atoms with E-state index in [4.69, 9.17) is 5.73 Å². The largest absolute Gasteiger partial charge is 0.398 e. The van der Waals surface area contributed by atoms with E-state index in [1.807, 2.05) is 23.1 Å². The first-order chi connectivity index (χ1) is 10.2. The highest BCUT2D eigenvalue weighted by Gasteiger charge is 2.27. The molecule has 0 bridgehead atoms.